The average molecular weight is 221 g/mol. The quantitative estimate of drug-likeness (QED) is 0.614. The maximum atomic E-state index is 5.14. The molecule has 0 radical (unpaired) electrons. The highest BCUT2D eigenvalue weighted by atomic mass is 17.3. The standard InChI is InChI=1S/C13H19NO2/c1-9(2)12-5-3-4-11(8-10-6-7-10)13(12)15-16-14/h3-5,9-10H,6-8,14H2,1-2H3. The van der Waals surface area contributed by atoms with E-state index in [1.165, 1.54) is 18.4 Å². The first-order valence-corrected chi connectivity index (χ1v) is 5.87. The maximum absolute atomic E-state index is 5.14. The van der Waals surface area contributed by atoms with Crippen LogP contribution < -0.4 is 10.8 Å². The molecule has 1 aromatic carbocycles. The van der Waals surface area contributed by atoms with Crippen molar-refractivity contribution in [2.45, 2.75) is 39.0 Å². The van der Waals surface area contributed by atoms with Gasteiger partial charge in [-0.05, 0) is 36.7 Å². The highest BCUT2D eigenvalue weighted by molar-refractivity contribution is 5.43. The summed E-state index contributed by atoms with van der Waals surface area (Å²) in [5.41, 5.74) is 2.36. The largest absolute Gasteiger partial charge is 0.319 e. The molecule has 1 aliphatic carbocycles. The lowest BCUT2D eigenvalue weighted by atomic mass is 9.97. The summed E-state index contributed by atoms with van der Waals surface area (Å²) in [6, 6.07) is 6.24. The normalized spacial score (nSPS) is 15.5. The minimum atomic E-state index is 0.407. The molecule has 2 rings (SSSR count). The van der Waals surface area contributed by atoms with Gasteiger partial charge in [0, 0.05) is 5.56 Å². The lowest BCUT2D eigenvalue weighted by Crippen LogP contribution is -2.08. The zero-order chi connectivity index (χ0) is 11.5. The van der Waals surface area contributed by atoms with E-state index in [9.17, 15) is 0 Å². The Hall–Kier alpha value is -1.06. The Kier molecular flexibility index (Phi) is 3.46. The van der Waals surface area contributed by atoms with Crippen LogP contribution in [0.5, 0.6) is 5.75 Å². The van der Waals surface area contributed by atoms with E-state index < -0.39 is 0 Å². The summed E-state index contributed by atoms with van der Waals surface area (Å²) in [7, 11) is 0. The molecule has 0 unspecified atom stereocenters. The van der Waals surface area contributed by atoms with Crippen LogP contribution in [0.25, 0.3) is 0 Å². The van der Waals surface area contributed by atoms with Crippen LogP contribution in [0, 0.1) is 5.92 Å². The average Bonchev–Trinajstić information content (AvgIpc) is 3.04. The lowest BCUT2D eigenvalue weighted by Gasteiger charge is -2.14. The summed E-state index contributed by atoms with van der Waals surface area (Å²) < 4.78 is 0. The summed E-state index contributed by atoms with van der Waals surface area (Å²) in [4.78, 5) is 9.50. The summed E-state index contributed by atoms with van der Waals surface area (Å²) in [5, 5.41) is 0. The molecule has 1 aliphatic rings. The predicted octanol–water partition coefficient (Wildman–Crippen LogP) is 2.95. The van der Waals surface area contributed by atoms with Crippen molar-refractivity contribution >= 4 is 0 Å². The second kappa shape index (κ2) is 4.85. The minimum absolute atomic E-state index is 0.407. The maximum Gasteiger partial charge on any atom is 0.174 e. The van der Waals surface area contributed by atoms with Gasteiger partial charge in [0.2, 0.25) is 0 Å². The first-order valence-electron chi connectivity index (χ1n) is 5.87. The van der Waals surface area contributed by atoms with Gasteiger partial charge in [-0.15, -0.1) is 0 Å². The number of hydrogen-bond acceptors (Lipinski definition) is 3. The van der Waals surface area contributed by atoms with Crippen molar-refractivity contribution in [1.82, 2.24) is 0 Å². The van der Waals surface area contributed by atoms with Crippen LogP contribution in [0.2, 0.25) is 0 Å². The molecule has 1 saturated carbocycles. The van der Waals surface area contributed by atoms with Crippen LogP contribution in [0.4, 0.5) is 0 Å². The van der Waals surface area contributed by atoms with Crippen molar-refractivity contribution in [3.8, 4) is 5.75 Å². The fourth-order valence-corrected chi connectivity index (χ4v) is 2.00. The molecule has 0 heterocycles. The number of nitrogens with two attached hydrogens (primary N) is 1. The fourth-order valence-electron chi connectivity index (χ4n) is 2.00. The van der Waals surface area contributed by atoms with Crippen LogP contribution in [0.15, 0.2) is 18.2 Å². The Morgan fingerprint density at radius 1 is 1.38 bits per heavy atom. The van der Waals surface area contributed by atoms with Gasteiger partial charge < -0.3 is 4.89 Å². The summed E-state index contributed by atoms with van der Waals surface area (Å²) >= 11 is 0. The number of benzene rings is 1. The van der Waals surface area contributed by atoms with Gasteiger partial charge in [0.25, 0.3) is 0 Å². The van der Waals surface area contributed by atoms with Gasteiger partial charge in [-0.3, -0.25) is 0 Å². The Bertz CT molecular complexity index is 359. The molecule has 2 N–H and O–H groups in total. The molecular formula is C13H19NO2. The topological polar surface area (TPSA) is 44.5 Å². The molecule has 1 aromatic rings. The van der Waals surface area contributed by atoms with E-state index in [0.717, 1.165) is 23.7 Å². The van der Waals surface area contributed by atoms with Gasteiger partial charge in [-0.2, -0.15) is 5.90 Å². The van der Waals surface area contributed by atoms with Gasteiger partial charge in [-0.25, -0.2) is 0 Å². The van der Waals surface area contributed by atoms with Gasteiger partial charge in [0.1, 0.15) is 0 Å². The van der Waals surface area contributed by atoms with Crippen LogP contribution in [0.1, 0.15) is 43.7 Å². The zero-order valence-electron chi connectivity index (χ0n) is 9.90. The van der Waals surface area contributed by atoms with Crippen LogP contribution in [-0.4, -0.2) is 0 Å². The molecule has 16 heavy (non-hydrogen) atoms. The molecule has 3 nitrogen and oxygen atoms in total. The van der Waals surface area contributed by atoms with Crippen LogP contribution in [0.3, 0.4) is 0 Å². The van der Waals surface area contributed by atoms with Crippen LogP contribution >= 0.6 is 0 Å². The van der Waals surface area contributed by atoms with Gasteiger partial charge in [-0.1, -0.05) is 37.0 Å². The van der Waals surface area contributed by atoms with E-state index >= 15 is 0 Å². The zero-order valence-corrected chi connectivity index (χ0v) is 9.90. The third kappa shape index (κ3) is 2.54. The Morgan fingerprint density at radius 3 is 2.69 bits per heavy atom. The first kappa shape index (κ1) is 11.4. The minimum Gasteiger partial charge on any atom is -0.319 e. The van der Waals surface area contributed by atoms with E-state index in [-0.39, 0.29) is 0 Å². The Balaban J connectivity index is 2.29. The molecule has 0 aliphatic heterocycles. The second-order valence-electron chi connectivity index (χ2n) is 4.82. The van der Waals surface area contributed by atoms with Crippen molar-refractivity contribution in [2.24, 2.45) is 11.8 Å². The SMILES string of the molecule is CC(C)c1cccc(CC2CC2)c1OON. The first-order chi connectivity index (χ1) is 7.72. The Morgan fingerprint density at radius 2 is 2.12 bits per heavy atom. The highest BCUT2D eigenvalue weighted by Crippen LogP contribution is 2.38. The lowest BCUT2D eigenvalue weighted by molar-refractivity contribution is -0.212. The molecule has 0 saturated heterocycles. The molecule has 1 fully saturated rings. The number of hydrogen-bond donors (Lipinski definition) is 1. The van der Waals surface area contributed by atoms with E-state index in [1.54, 1.807) is 0 Å². The summed E-state index contributed by atoms with van der Waals surface area (Å²) in [6.45, 7) is 4.28. The van der Waals surface area contributed by atoms with Crippen molar-refractivity contribution in [2.75, 3.05) is 0 Å². The molecule has 0 bridgehead atoms. The number of rotatable bonds is 5. The van der Waals surface area contributed by atoms with E-state index in [4.69, 9.17) is 10.8 Å². The summed E-state index contributed by atoms with van der Waals surface area (Å²) in [6.07, 6.45) is 3.73. The smallest absolute Gasteiger partial charge is 0.174 e. The van der Waals surface area contributed by atoms with E-state index in [2.05, 4.69) is 37.0 Å². The molecule has 3 heteroatoms. The van der Waals surface area contributed by atoms with Crippen molar-refractivity contribution in [3.63, 3.8) is 0 Å². The highest BCUT2D eigenvalue weighted by Gasteiger charge is 2.24. The van der Waals surface area contributed by atoms with Crippen LogP contribution in [-0.2, 0) is 11.4 Å². The third-order valence-electron chi connectivity index (χ3n) is 3.09. The number of para-hydroxylation sites is 1. The van der Waals surface area contributed by atoms with Crippen molar-refractivity contribution in [1.29, 1.82) is 0 Å². The van der Waals surface area contributed by atoms with E-state index in [1.807, 2.05) is 0 Å². The molecule has 0 aromatic heterocycles. The van der Waals surface area contributed by atoms with Gasteiger partial charge in [0.15, 0.2) is 5.75 Å². The summed E-state index contributed by atoms with van der Waals surface area (Å²) in [5.74, 6) is 7.06. The molecular weight excluding hydrogens is 202 g/mol. The Labute approximate surface area is 96.4 Å². The monoisotopic (exact) mass is 221 g/mol. The van der Waals surface area contributed by atoms with E-state index in [0.29, 0.717) is 5.92 Å². The molecule has 0 spiro atoms. The second-order valence-corrected chi connectivity index (χ2v) is 4.82. The third-order valence-corrected chi connectivity index (χ3v) is 3.09. The molecule has 88 valence electrons. The van der Waals surface area contributed by atoms with Crippen molar-refractivity contribution < 1.29 is 9.88 Å². The van der Waals surface area contributed by atoms with Gasteiger partial charge >= 0.3 is 0 Å². The molecule has 0 atom stereocenters. The van der Waals surface area contributed by atoms with Crippen molar-refractivity contribution in [3.05, 3.63) is 29.3 Å². The van der Waals surface area contributed by atoms with Gasteiger partial charge in [0.05, 0.1) is 0 Å². The molecule has 0 amide bonds. The predicted molar refractivity (Wildman–Crippen MR) is 62.9 cm³/mol. The fraction of sp³-hybridized carbons (Fsp3) is 0.538.